The number of hydrogen-bond acceptors (Lipinski definition) is 3. The average Bonchev–Trinajstić information content (AvgIpc) is 2.69. The van der Waals surface area contributed by atoms with Crippen LogP contribution in [0.5, 0.6) is 0 Å². The SMILES string of the molecule is Cc1cc2ncn(CCC(=O)NC(N)=O)c2cc1C. The van der Waals surface area contributed by atoms with E-state index >= 15 is 0 Å². The molecule has 0 bridgehead atoms. The molecule has 0 saturated heterocycles. The van der Waals surface area contributed by atoms with E-state index in [1.807, 2.05) is 35.9 Å². The fourth-order valence-electron chi connectivity index (χ4n) is 1.91. The van der Waals surface area contributed by atoms with Gasteiger partial charge in [-0.2, -0.15) is 0 Å². The predicted octanol–water partition coefficient (Wildman–Crippen LogP) is 1.24. The molecule has 0 aliphatic carbocycles. The van der Waals surface area contributed by atoms with Crippen molar-refractivity contribution in [3.05, 3.63) is 29.6 Å². The molecule has 0 aliphatic heterocycles. The second kappa shape index (κ2) is 5.09. The minimum absolute atomic E-state index is 0.182. The van der Waals surface area contributed by atoms with E-state index in [9.17, 15) is 9.59 Å². The zero-order chi connectivity index (χ0) is 14.0. The van der Waals surface area contributed by atoms with Crippen LogP contribution >= 0.6 is 0 Å². The number of carbonyl (C=O) groups excluding carboxylic acids is 2. The van der Waals surface area contributed by atoms with E-state index < -0.39 is 11.9 Å². The van der Waals surface area contributed by atoms with E-state index in [1.54, 1.807) is 6.33 Å². The summed E-state index contributed by atoms with van der Waals surface area (Å²) in [5.41, 5.74) is 9.12. The first-order valence-corrected chi connectivity index (χ1v) is 5.99. The minimum Gasteiger partial charge on any atom is -0.351 e. The highest BCUT2D eigenvalue weighted by atomic mass is 16.2. The van der Waals surface area contributed by atoms with Gasteiger partial charge in [-0.3, -0.25) is 10.1 Å². The maximum Gasteiger partial charge on any atom is 0.318 e. The molecule has 0 atom stereocenters. The summed E-state index contributed by atoms with van der Waals surface area (Å²) in [6.07, 6.45) is 1.88. The lowest BCUT2D eigenvalue weighted by Gasteiger charge is -2.05. The van der Waals surface area contributed by atoms with Gasteiger partial charge in [0.25, 0.3) is 0 Å². The van der Waals surface area contributed by atoms with E-state index in [4.69, 9.17) is 5.73 Å². The maximum absolute atomic E-state index is 11.4. The Bertz CT molecular complexity index is 645. The quantitative estimate of drug-likeness (QED) is 0.869. The van der Waals surface area contributed by atoms with Crippen molar-refractivity contribution in [2.45, 2.75) is 26.8 Å². The van der Waals surface area contributed by atoms with E-state index in [2.05, 4.69) is 4.98 Å². The van der Waals surface area contributed by atoms with Crippen LogP contribution in [0.2, 0.25) is 0 Å². The van der Waals surface area contributed by atoms with Crippen LogP contribution in [0.25, 0.3) is 11.0 Å². The third-order valence-electron chi connectivity index (χ3n) is 3.08. The second-order valence-electron chi connectivity index (χ2n) is 4.53. The number of aryl methyl sites for hydroxylation is 3. The molecule has 0 radical (unpaired) electrons. The van der Waals surface area contributed by atoms with Crippen molar-refractivity contribution in [3.63, 3.8) is 0 Å². The third kappa shape index (κ3) is 2.90. The number of imide groups is 1. The Kier molecular flexibility index (Phi) is 3.50. The molecule has 0 saturated carbocycles. The van der Waals surface area contributed by atoms with Gasteiger partial charge in [-0.15, -0.1) is 0 Å². The average molecular weight is 260 g/mol. The minimum atomic E-state index is -0.827. The Labute approximate surface area is 110 Å². The smallest absolute Gasteiger partial charge is 0.318 e. The van der Waals surface area contributed by atoms with Gasteiger partial charge in [0.2, 0.25) is 5.91 Å². The molecule has 6 heteroatoms. The zero-order valence-electron chi connectivity index (χ0n) is 10.9. The van der Waals surface area contributed by atoms with Crippen LogP contribution < -0.4 is 11.1 Å². The molecular weight excluding hydrogens is 244 g/mol. The van der Waals surface area contributed by atoms with Crippen LogP contribution in [0.4, 0.5) is 4.79 Å². The summed E-state index contributed by atoms with van der Waals surface area (Å²) in [5.74, 6) is -0.391. The molecule has 2 rings (SSSR count). The molecule has 1 aromatic carbocycles. The molecule has 1 aromatic heterocycles. The number of carbonyl (C=O) groups is 2. The molecule has 0 fully saturated rings. The van der Waals surface area contributed by atoms with Crippen LogP contribution in [0, 0.1) is 13.8 Å². The fourth-order valence-corrected chi connectivity index (χ4v) is 1.91. The highest BCUT2D eigenvalue weighted by Gasteiger charge is 2.08. The van der Waals surface area contributed by atoms with Gasteiger partial charge in [0.15, 0.2) is 0 Å². The Hall–Kier alpha value is -2.37. The number of fused-ring (bicyclic) bond motifs is 1. The third-order valence-corrected chi connectivity index (χ3v) is 3.08. The van der Waals surface area contributed by atoms with Gasteiger partial charge in [0.1, 0.15) is 0 Å². The number of urea groups is 1. The Morgan fingerprint density at radius 3 is 2.68 bits per heavy atom. The van der Waals surface area contributed by atoms with Crippen LogP contribution in [0.3, 0.4) is 0 Å². The molecular formula is C13H16N4O2. The number of imidazole rings is 1. The number of rotatable bonds is 3. The van der Waals surface area contributed by atoms with Crippen molar-refractivity contribution in [1.82, 2.24) is 14.9 Å². The van der Waals surface area contributed by atoms with Gasteiger partial charge in [-0.05, 0) is 37.1 Å². The monoisotopic (exact) mass is 260 g/mol. The van der Waals surface area contributed by atoms with Crippen molar-refractivity contribution in [1.29, 1.82) is 0 Å². The summed E-state index contributed by atoms with van der Waals surface area (Å²) in [6, 6.07) is 3.24. The summed E-state index contributed by atoms with van der Waals surface area (Å²) in [6.45, 7) is 4.53. The first-order chi connectivity index (χ1) is 8.97. The van der Waals surface area contributed by atoms with E-state index in [1.165, 1.54) is 11.1 Å². The first-order valence-electron chi connectivity index (χ1n) is 5.99. The second-order valence-corrected chi connectivity index (χ2v) is 4.53. The first kappa shape index (κ1) is 13.1. The van der Waals surface area contributed by atoms with Crippen molar-refractivity contribution in [2.24, 2.45) is 5.73 Å². The predicted molar refractivity (Wildman–Crippen MR) is 71.6 cm³/mol. The largest absolute Gasteiger partial charge is 0.351 e. The molecule has 2 aromatic rings. The topological polar surface area (TPSA) is 90.0 Å². The number of nitrogens with two attached hydrogens (primary N) is 1. The number of amides is 3. The van der Waals surface area contributed by atoms with Crippen LogP contribution in [0.1, 0.15) is 17.5 Å². The standard InChI is InChI=1S/C13H16N4O2/c1-8-5-10-11(6-9(8)2)17(7-15-10)4-3-12(18)16-13(14)19/h5-7H,3-4H2,1-2H3,(H3,14,16,18,19). The summed E-state index contributed by atoms with van der Waals surface area (Å²) in [7, 11) is 0. The Balaban J connectivity index is 2.15. The molecule has 100 valence electrons. The van der Waals surface area contributed by atoms with Crippen LogP contribution in [0.15, 0.2) is 18.5 Å². The lowest BCUT2D eigenvalue weighted by Crippen LogP contribution is -2.35. The molecule has 0 aliphatic rings. The van der Waals surface area contributed by atoms with Gasteiger partial charge >= 0.3 is 6.03 Å². The van der Waals surface area contributed by atoms with Crippen molar-refractivity contribution < 1.29 is 9.59 Å². The highest BCUT2D eigenvalue weighted by Crippen LogP contribution is 2.18. The number of hydrogen-bond donors (Lipinski definition) is 2. The molecule has 19 heavy (non-hydrogen) atoms. The molecule has 3 N–H and O–H groups in total. The van der Waals surface area contributed by atoms with Gasteiger partial charge in [0, 0.05) is 13.0 Å². The van der Waals surface area contributed by atoms with Crippen LogP contribution in [-0.4, -0.2) is 21.5 Å². The zero-order valence-corrected chi connectivity index (χ0v) is 10.9. The molecule has 0 spiro atoms. The lowest BCUT2D eigenvalue weighted by molar-refractivity contribution is -0.120. The molecule has 0 unspecified atom stereocenters. The summed E-state index contributed by atoms with van der Waals surface area (Å²) >= 11 is 0. The Morgan fingerprint density at radius 1 is 1.32 bits per heavy atom. The number of aromatic nitrogens is 2. The fraction of sp³-hybridized carbons (Fsp3) is 0.308. The van der Waals surface area contributed by atoms with E-state index in [-0.39, 0.29) is 6.42 Å². The van der Waals surface area contributed by atoms with E-state index in [0.29, 0.717) is 6.54 Å². The Morgan fingerprint density at radius 2 is 2.00 bits per heavy atom. The van der Waals surface area contributed by atoms with Crippen LogP contribution in [-0.2, 0) is 11.3 Å². The summed E-state index contributed by atoms with van der Waals surface area (Å²) in [5, 5.41) is 2.04. The van der Waals surface area contributed by atoms with Gasteiger partial charge < -0.3 is 10.3 Å². The van der Waals surface area contributed by atoms with Crippen molar-refractivity contribution >= 4 is 23.0 Å². The molecule has 6 nitrogen and oxygen atoms in total. The number of primary amides is 1. The number of nitrogens with one attached hydrogen (secondary N) is 1. The van der Waals surface area contributed by atoms with E-state index in [0.717, 1.165) is 11.0 Å². The number of nitrogens with zero attached hydrogens (tertiary/aromatic N) is 2. The highest BCUT2D eigenvalue weighted by molar-refractivity contribution is 5.93. The number of benzene rings is 1. The van der Waals surface area contributed by atoms with Gasteiger partial charge in [0.05, 0.1) is 17.4 Å². The molecule has 3 amide bonds. The summed E-state index contributed by atoms with van der Waals surface area (Å²) in [4.78, 5) is 26.2. The lowest BCUT2D eigenvalue weighted by atomic mass is 10.1. The normalized spacial score (nSPS) is 10.6. The van der Waals surface area contributed by atoms with Gasteiger partial charge in [-0.25, -0.2) is 9.78 Å². The van der Waals surface area contributed by atoms with Crippen molar-refractivity contribution in [3.8, 4) is 0 Å². The van der Waals surface area contributed by atoms with Crippen molar-refractivity contribution in [2.75, 3.05) is 0 Å². The molecule has 1 heterocycles. The maximum atomic E-state index is 11.4. The summed E-state index contributed by atoms with van der Waals surface area (Å²) < 4.78 is 1.89. The van der Waals surface area contributed by atoms with Gasteiger partial charge in [-0.1, -0.05) is 0 Å².